The number of rotatable bonds is 4. The minimum atomic E-state index is -0.172. The minimum absolute atomic E-state index is 0.172. The molecule has 1 aromatic heterocycles. The molecule has 0 saturated carbocycles. The van der Waals surface area contributed by atoms with E-state index in [1.807, 2.05) is 4.68 Å². The molecule has 1 saturated heterocycles. The molecule has 0 spiro atoms. The normalized spacial score (nSPS) is 25.8. The Morgan fingerprint density at radius 1 is 1.47 bits per heavy atom. The van der Waals surface area contributed by atoms with E-state index in [2.05, 4.69) is 17.0 Å². The molecule has 2 N–H and O–H groups in total. The molecule has 2 rings (SSSR count). The monoisotopic (exact) mass is 238 g/mol. The second-order valence-electron chi connectivity index (χ2n) is 4.90. The third kappa shape index (κ3) is 3.26. The van der Waals surface area contributed by atoms with Crippen molar-refractivity contribution in [3.8, 4) is 0 Å². The van der Waals surface area contributed by atoms with E-state index in [9.17, 15) is 0 Å². The van der Waals surface area contributed by atoms with Crippen LogP contribution in [-0.4, -0.2) is 33.5 Å². The zero-order valence-corrected chi connectivity index (χ0v) is 10.6. The number of aryl methyl sites for hydroxylation is 1. The van der Waals surface area contributed by atoms with Crippen LogP contribution in [0.25, 0.3) is 0 Å². The average Bonchev–Trinajstić information content (AvgIpc) is 2.60. The van der Waals surface area contributed by atoms with Gasteiger partial charge in [0.15, 0.2) is 0 Å². The van der Waals surface area contributed by atoms with E-state index in [-0.39, 0.29) is 5.54 Å². The Morgan fingerprint density at radius 2 is 2.35 bits per heavy atom. The quantitative estimate of drug-likeness (QED) is 0.854. The van der Waals surface area contributed by atoms with E-state index in [1.54, 1.807) is 6.33 Å². The Kier molecular flexibility index (Phi) is 4.12. The molecular formula is C12H22N4O. The van der Waals surface area contributed by atoms with Crippen molar-refractivity contribution in [3.63, 3.8) is 0 Å². The van der Waals surface area contributed by atoms with Crippen molar-refractivity contribution in [1.29, 1.82) is 0 Å². The number of aromatic nitrogens is 3. The van der Waals surface area contributed by atoms with E-state index in [0.29, 0.717) is 0 Å². The summed E-state index contributed by atoms with van der Waals surface area (Å²) in [6, 6.07) is 0. The lowest BCUT2D eigenvalue weighted by atomic mass is 9.88. The number of hydrogen-bond donors (Lipinski definition) is 1. The van der Waals surface area contributed by atoms with E-state index < -0.39 is 0 Å². The molecule has 0 amide bonds. The second kappa shape index (κ2) is 5.60. The number of nitrogens with two attached hydrogens (primary N) is 1. The molecule has 1 fully saturated rings. The maximum Gasteiger partial charge on any atom is 0.138 e. The van der Waals surface area contributed by atoms with E-state index in [4.69, 9.17) is 10.5 Å². The van der Waals surface area contributed by atoms with Crippen LogP contribution in [0.1, 0.15) is 38.4 Å². The number of nitrogens with zero attached hydrogens (tertiary/aromatic N) is 3. The molecule has 5 heteroatoms. The Labute approximate surface area is 102 Å². The molecule has 96 valence electrons. The fraction of sp³-hybridized carbons (Fsp3) is 0.833. The Hall–Kier alpha value is -0.940. The highest BCUT2D eigenvalue weighted by molar-refractivity contribution is 4.98. The summed E-state index contributed by atoms with van der Waals surface area (Å²) in [5, 5.41) is 4.24. The van der Waals surface area contributed by atoms with Gasteiger partial charge in [-0.05, 0) is 25.7 Å². The van der Waals surface area contributed by atoms with Gasteiger partial charge in [0.1, 0.15) is 12.2 Å². The first-order valence-electron chi connectivity index (χ1n) is 6.47. The Morgan fingerprint density at radius 3 is 3.18 bits per heavy atom. The van der Waals surface area contributed by atoms with Gasteiger partial charge < -0.3 is 10.5 Å². The van der Waals surface area contributed by atoms with E-state index in [1.165, 1.54) is 0 Å². The topological polar surface area (TPSA) is 66.0 Å². The molecule has 1 aliphatic heterocycles. The van der Waals surface area contributed by atoms with Gasteiger partial charge in [-0.15, -0.1) is 0 Å². The fourth-order valence-electron chi connectivity index (χ4n) is 2.34. The minimum Gasteiger partial charge on any atom is -0.381 e. The molecule has 0 aliphatic carbocycles. The van der Waals surface area contributed by atoms with Crippen molar-refractivity contribution >= 4 is 0 Å². The van der Waals surface area contributed by atoms with Crippen molar-refractivity contribution in [2.45, 2.75) is 51.1 Å². The highest BCUT2D eigenvalue weighted by atomic mass is 16.5. The van der Waals surface area contributed by atoms with Gasteiger partial charge >= 0.3 is 0 Å². The summed E-state index contributed by atoms with van der Waals surface area (Å²) in [6.45, 7) is 4.66. The summed E-state index contributed by atoms with van der Waals surface area (Å²) in [4.78, 5) is 4.34. The second-order valence-corrected chi connectivity index (χ2v) is 4.90. The highest BCUT2D eigenvalue weighted by Gasteiger charge is 2.28. The van der Waals surface area contributed by atoms with Gasteiger partial charge in [-0.1, -0.05) is 6.92 Å². The zero-order chi connectivity index (χ0) is 12.1. The smallest absolute Gasteiger partial charge is 0.138 e. The lowest BCUT2D eigenvalue weighted by Gasteiger charge is -2.26. The first-order valence-corrected chi connectivity index (χ1v) is 6.47. The number of ether oxygens (including phenoxy) is 1. The summed E-state index contributed by atoms with van der Waals surface area (Å²) in [7, 11) is 0. The van der Waals surface area contributed by atoms with Crippen LogP contribution in [0.2, 0.25) is 0 Å². The molecule has 0 aromatic carbocycles. The summed E-state index contributed by atoms with van der Waals surface area (Å²) >= 11 is 0. The summed E-state index contributed by atoms with van der Waals surface area (Å²) in [6.07, 6.45) is 6.45. The Bertz CT molecular complexity index is 342. The third-order valence-electron chi connectivity index (χ3n) is 3.35. The van der Waals surface area contributed by atoms with Crippen molar-refractivity contribution in [3.05, 3.63) is 12.2 Å². The molecular weight excluding hydrogens is 216 g/mol. The molecule has 2 heterocycles. The first-order chi connectivity index (χ1) is 8.23. The molecule has 17 heavy (non-hydrogen) atoms. The largest absolute Gasteiger partial charge is 0.381 e. The van der Waals surface area contributed by atoms with Crippen LogP contribution in [-0.2, 0) is 17.7 Å². The van der Waals surface area contributed by atoms with Crippen LogP contribution >= 0.6 is 0 Å². The third-order valence-corrected chi connectivity index (χ3v) is 3.35. The Balaban J connectivity index is 2.04. The molecule has 1 atom stereocenters. The summed E-state index contributed by atoms with van der Waals surface area (Å²) < 4.78 is 7.44. The standard InChI is InChI=1S/C12H22N4O/c1-2-6-16-11(14-10-15-16)9-12(13)4-3-7-17-8-5-12/h10H,2-9,13H2,1H3. The SMILES string of the molecule is CCCn1ncnc1CC1(N)CCCOCC1. The van der Waals surface area contributed by atoms with Gasteiger partial charge in [0, 0.05) is 31.7 Å². The predicted octanol–water partition coefficient (Wildman–Crippen LogP) is 1.13. The van der Waals surface area contributed by atoms with Gasteiger partial charge in [-0.3, -0.25) is 4.68 Å². The van der Waals surface area contributed by atoms with Crippen LogP contribution in [0.3, 0.4) is 0 Å². The van der Waals surface area contributed by atoms with E-state index in [0.717, 1.165) is 57.7 Å². The van der Waals surface area contributed by atoms with Crippen molar-refractivity contribution in [1.82, 2.24) is 14.8 Å². The first kappa shape index (κ1) is 12.5. The molecule has 1 unspecified atom stereocenters. The fourth-order valence-corrected chi connectivity index (χ4v) is 2.34. The molecule has 0 bridgehead atoms. The van der Waals surface area contributed by atoms with E-state index >= 15 is 0 Å². The number of hydrogen-bond acceptors (Lipinski definition) is 4. The molecule has 1 aromatic rings. The van der Waals surface area contributed by atoms with Crippen LogP contribution in [0.15, 0.2) is 6.33 Å². The van der Waals surface area contributed by atoms with Crippen LogP contribution in [0.4, 0.5) is 0 Å². The lowest BCUT2D eigenvalue weighted by Crippen LogP contribution is -2.43. The van der Waals surface area contributed by atoms with Crippen LogP contribution < -0.4 is 5.73 Å². The van der Waals surface area contributed by atoms with Crippen molar-refractivity contribution in [2.24, 2.45) is 5.73 Å². The summed E-state index contributed by atoms with van der Waals surface area (Å²) in [5.74, 6) is 1.01. The molecule has 1 aliphatic rings. The maximum absolute atomic E-state index is 6.45. The average molecular weight is 238 g/mol. The van der Waals surface area contributed by atoms with Crippen LogP contribution in [0, 0.1) is 0 Å². The van der Waals surface area contributed by atoms with Gasteiger partial charge in [-0.25, -0.2) is 4.98 Å². The molecule has 5 nitrogen and oxygen atoms in total. The van der Waals surface area contributed by atoms with Gasteiger partial charge in [-0.2, -0.15) is 5.10 Å². The van der Waals surface area contributed by atoms with Crippen molar-refractivity contribution < 1.29 is 4.74 Å². The van der Waals surface area contributed by atoms with Gasteiger partial charge in [0.25, 0.3) is 0 Å². The maximum atomic E-state index is 6.45. The zero-order valence-electron chi connectivity index (χ0n) is 10.6. The predicted molar refractivity (Wildman–Crippen MR) is 65.6 cm³/mol. The van der Waals surface area contributed by atoms with Gasteiger partial charge in [0.05, 0.1) is 0 Å². The van der Waals surface area contributed by atoms with Crippen LogP contribution in [0.5, 0.6) is 0 Å². The summed E-state index contributed by atoms with van der Waals surface area (Å²) in [5.41, 5.74) is 6.28. The van der Waals surface area contributed by atoms with Gasteiger partial charge in [0.2, 0.25) is 0 Å². The lowest BCUT2D eigenvalue weighted by molar-refractivity contribution is 0.139. The molecule has 0 radical (unpaired) electrons. The highest BCUT2D eigenvalue weighted by Crippen LogP contribution is 2.22. The van der Waals surface area contributed by atoms with Crippen molar-refractivity contribution in [2.75, 3.05) is 13.2 Å².